The number of amides is 3. The molecular formula is C23H25N3O3. The fourth-order valence-electron chi connectivity index (χ4n) is 3.98. The molecule has 1 fully saturated rings. The molecule has 0 atom stereocenters. The minimum absolute atomic E-state index is 0.0191. The van der Waals surface area contributed by atoms with Gasteiger partial charge in [-0.3, -0.25) is 14.4 Å². The summed E-state index contributed by atoms with van der Waals surface area (Å²) in [5.74, 6) is -0.111. The van der Waals surface area contributed by atoms with Gasteiger partial charge < -0.3 is 15.1 Å². The number of likely N-dealkylation sites (tertiary alicyclic amines) is 1. The molecule has 0 aromatic heterocycles. The number of nitrogens with one attached hydrogen (secondary N) is 1. The molecule has 2 aliphatic heterocycles. The van der Waals surface area contributed by atoms with Crippen molar-refractivity contribution in [3.8, 4) is 0 Å². The first-order valence-electron chi connectivity index (χ1n) is 10.1. The third-order valence-electron chi connectivity index (χ3n) is 5.65. The second kappa shape index (κ2) is 8.07. The van der Waals surface area contributed by atoms with E-state index in [0.717, 1.165) is 42.6 Å². The lowest BCUT2D eigenvalue weighted by Crippen LogP contribution is -2.28. The van der Waals surface area contributed by atoms with Crippen molar-refractivity contribution in [1.82, 2.24) is 9.80 Å². The molecule has 2 aromatic carbocycles. The van der Waals surface area contributed by atoms with Crippen molar-refractivity contribution in [3.05, 3.63) is 64.7 Å². The zero-order chi connectivity index (χ0) is 20.4. The molecule has 2 aliphatic rings. The monoisotopic (exact) mass is 391 g/mol. The Morgan fingerprint density at radius 3 is 2.55 bits per heavy atom. The summed E-state index contributed by atoms with van der Waals surface area (Å²) >= 11 is 0. The second-order valence-corrected chi connectivity index (χ2v) is 7.71. The normalized spacial score (nSPS) is 15.6. The molecule has 150 valence electrons. The van der Waals surface area contributed by atoms with Crippen molar-refractivity contribution in [2.24, 2.45) is 0 Å². The lowest BCUT2D eigenvalue weighted by Gasteiger charge is -2.17. The van der Waals surface area contributed by atoms with Crippen LogP contribution in [-0.2, 0) is 11.3 Å². The number of anilines is 1. The van der Waals surface area contributed by atoms with Gasteiger partial charge in [0.05, 0.1) is 0 Å². The SMILES string of the molecule is Cc1cc(C(=O)N2CCCC2)ccc1NC(=O)CCN1Cc2ccccc2C1=O. The van der Waals surface area contributed by atoms with Gasteiger partial charge in [0.2, 0.25) is 5.91 Å². The molecule has 0 spiro atoms. The molecule has 4 rings (SSSR count). The van der Waals surface area contributed by atoms with E-state index in [1.54, 1.807) is 17.0 Å². The maximum absolute atomic E-state index is 12.5. The van der Waals surface area contributed by atoms with Gasteiger partial charge in [-0.05, 0) is 55.2 Å². The summed E-state index contributed by atoms with van der Waals surface area (Å²) in [7, 11) is 0. The first-order valence-corrected chi connectivity index (χ1v) is 10.1. The van der Waals surface area contributed by atoms with Crippen molar-refractivity contribution < 1.29 is 14.4 Å². The molecule has 29 heavy (non-hydrogen) atoms. The van der Waals surface area contributed by atoms with Gasteiger partial charge in [-0.25, -0.2) is 0 Å². The minimum atomic E-state index is -0.143. The van der Waals surface area contributed by atoms with Gasteiger partial charge in [-0.2, -0.15) is 0 Å². The van der Waals surface area contributed by atoms with Gasteiger partial charge in [0, 0.05) is 49.4 Å². The number of carbonyl (C=O) groups is 3. The molecule has 2 aromatic rings. The number of aryl methyl sites for hydroxylation is 1. The molecule has 3 amide bonds. The lowest BCUT2D eigenvalue weighted by atomic mass is 10.1. The Morgan fingerprint density at radius 2 is 1.83 bits per heavy atom. The standard InChI is InChI=1S/C23H25N3O3/c1-16-14-17(22(28)25-11-4-5-12-25)8-9-20(16)24-21(27)10-13-26-15-18-6-2-3-7-19(18)23(26)29/h2-3,6-9,14H,4-5,10-13,15H2,1H3,(H,24,27). The maximum Gasteiger partial charge on any atom is 0.254 e. The Hall–Kier alpha value is -3.15. The summed E-state index contributed by atoms with van der Waals surface area (Å²) in [6.07, 6.45) is 2.35. The molecular weight excluding hydrogens is 366 g/mol. The topological polar surface area (TPSA) is 69.7 Å². The summed E-state index contributed by atoms with van der Waals surface area (Å²) in [5.41, 5.74) is 3.94. The maximum atomic E-state index is 12.5. The van der Waals surface area contributed by atoms with Crippen LogP contribution >= 0.6 is 0 Å². The van der Waals surface area contributed by atoms with Crippen molar-refractivity contribution in [3.63, 3.8) is 0 Å². The highest BCUT2D eigenvalue weighted by molar-refractivity contribution is 5.99. The first-order chi connectivity index (χ1) is 14.0. The fraction of sp³-hybridized carbons (Fsp3) is 0.348. The minimum Gasteiger partial charge on any atom is -0.339 e. The number of rotatable bonds is 5. The van der Waals surface area contributed by atoms with Gasteiger partial charge in [-0.15, -0.1) is 0 Å². The predicted octanol–water partition coefficient (Wildman–Crippen LogP) is 3.22. The van der Waals surface area contributed by atoms with Crippen LogP contribution in [0.4, 0.5) is 5.69 Å². The van der Waals surface area contributed by atoms with Crippen LogP contribution in [-0.4, -0.2) is 47.2 Å². The Balaban J connectivity index is 1.33. The Bertz CT molecular complexity index is 964. The van der Waals surface area contributed by atoms with Crippen LogP contribution in [0.2, 0.25) is 0 Å². The Morgan fingerprint density at radius 1 is 1.07 bits per heavy atom. The zero-order valence-corrected chi connectivity index (χ0v) is 16.6. The number of carbonyl (C=O) groups excluding carboxylic acids is 3. The van der Waals surface area contributed by atoms with E-state index in [1.807, 2.05) is 42.2 Å². The average molecular weight is 391 g/mol. The van der Waals surface area contributed by atoms with Gasteiger partial charge in [0.1, 0.15) is 0 Å². The summed E-state index contributed by atoms with van der Waals surface area (Å²) in [6, 6.07) is 12.9. The molecule has 0 radical (unpaired) electrons. The fourth-order valence-corrected chi connectivity index (χ4v) is 3.98. The summed E-state index contributed by atoms with van der Waals surface area (Å²) in [5, 5.41) is 2.90. The molecule has 6 nitrogen and oxygen atoms in total. The van der Waals surface area contributed by atoms with Crippen molar-refractivity contribution >= 4 is 23.4 Å². The summed E-state index contributed by atoms with van der Waals surface area (Å²) in [6.45, 7) is 4.44. The molecule has 0 aliphatic carbocycles. The van der Waals surface area contributed by atoms with Crippen LogP contribution in [0.3, 0.4) is 0 Å². The highest BCUT2D eigenvalue weighted by Gasteiger charge is 2.27. The van der Waals surface area contributed by atoms with E-state index in [9.17, 15) is 14.4 Å². The highest BCUT2D eigenvalue weighted by atomic mass is 16.2. The highest BCUT2D eigenvalue weighted by Crippen LogP contribution is 2.23. The molecule has 2 heterocycles. The first kappa shape index (κ1) is 19.2. The number of hydrogen-bond acceptors (Lipinski definition) is 3. The third-order valence-corrected chi connectivity index (χ3v) is 5.65. The van der Waals surface area contributed by atoms with Crippen molar-refractivity contribution in [2.45, 2.75) is 32.7 Å². The summed E-state index contributed by atoms with van der Waals surface area (Å²) < 4.78 is 0. The van der Waals surface area contributed by atoms with Crippen LogP contribution in [0.1, 0.15) is 51.1 Å². The van der Waals surface area contributed by atoms with E-state index >= 15 is 0 Å². The van der Waals surface area contributed by atoms with E-state index in [2.05, 4.69) is 5.32 Å². The molecule has 0 saturated carbocycles. The van der Waals surface area contributed by atoms with Crippen molar-refractivity contribution in [1.29, 1.82) is 0 Å². The molecule has 1 saturated heterocycles. The van der Waals surface area contributed by atoms with E-state index in [1.165, 1.54) is 0 Å². The number of fused-ring (bicyclic) bond motifs is 1. The van der Waals surface area contributed by atoms with Crippen LogP contribution < -0.4 is 5.32 Å². The van der Waals surface area contributed by atoms with Gasteiger partial charge in [-0.1, -0.05) is 18.2 Å². The van der Waals surface area contributed by atoms with E-state index in [4.69, 9.17) is 0 Å². The Labute approximate surface area is 170 Å². The van der Waals surface area contributed by atoms with E-state index < -0.39 is 0 Å². The number of nitrogens with zero attached hydrogens (tertiary/aromatic N) is 2. The largest absolute Gasteiger partial charge is 0.339 e. The van der Waals surface area contributed by atoms with E-state index in [0.29, 0.717) is 24.3 Å². The number of benzene rings is 2. The third kappa shape index (κ3) is 4.01. The van der Waals surface area contributed by atoms with Crippen LogP contribution in [0.5, 0.6) is 0 Å². The predicted molar refractivity (Wildman–Crippen MR) is 111 cm³/mol. The van der Waals surface area contributed by atoms with Crippen molar-refractivity contribution in [2.75, 3.05) is 25.0 Å². The van der Waals surface area contributed by atoms with Crippen LogP contribution in [0.25, 0.3) is 0 Å². The van der Waals surface area contributed by atoms with Gasteiger partial charge in [0.15, 0.2) is 0 Å². The molecule has 0 bridgehead atoms. The van der Waals surface area contributed by atoms with Crippen LogP contribution in [0, 0.1) is 6.92 Å². The summed E-state index contributed by atoms with van der Waals surface area (Å²) in [4.78, 5) is 40.9. The molecule has 1 N–H and O–H groups in total. The van der Waals surface area contributed by atoms with Crippen LogP contribution in [0.15, 0.2) is 42.5 Å². The quantitative estimate of drug-likeness (QED) is 0.851. The van der Waals surface area contributed by atoms with Gasteiger partial charge in [0.25, 0.3) is 11.8 Å². The average Bonchev–Trinajstić information content (AvgIpc) is 3.36. The molecule has 0 unspecified atom stereocenters. The zero-order valence-electron chi connectivity index (χ0n) is 16.6. The Kier molecular flexibility index (Phi) is 5.34. The smallest absolute Gasteiger partial charge is 0.254 e. The number of hydrogen-bond donors (Lipinski definition) is 1. The lowest BCUT2D eigenvalue weighted by molar-refractivity contribution is -0.116. The second-order valence-electron chi connectivity index (χ2n) is 7.71. The van der Waals surface area contributed by atoms with E-state index in [-0.39, 0.29) is 24.1 Å². The van der Waals surface area contributed by atoms with Gasteiger partial charge >= 0.3 is 0 Å². The molecule has 6 heteroatoms.